The van der Waals surface area contributed by atoms with Crippen LogP contribution in [0.1, 0.15) is 41.7 Å². The van der Waals surface area contributed by atoms with Crippen molar-refractivity contribution in [2.45, 2.75) is 32.2 Å². The van der Waals surface area contributed by atoms with Crippen LogP contribution in [-0.4, -0.2) is 44.1 Å². The van der Waals surface area contributed by atoms with E-state index in [4.69, 9.17) is 0 Å². The molecule has 0 unspecified atom stereocenters. The molecule has 1 aliphatic rings. The van der Waals surface area contributed by atoms with Crippen molar-refractivity contribution in [1.82, 2.24) is 25.1 Å². The van der Waals surface area contributed by atoms with Gasteiger partial charge in [0, 0.05) is 35.5 Å². The molecular formula is C31H30N6O. The highest BCUT2D eigenvalue weighted by molar-refractivity contribution is 6.11. The molecule has 4 heterocycles. The van der Waals surface area contributed by atoms with Crippen molar-refractivity contribution >= 4 is 22.5 Å². The molecule has 5 aromatic rings. The summed E-state index contributed by atoms with van der Waals surface area (Å²) in [5.41, 5.74) is 6.91. The van der Waals surface area contributed by atoms with Gasteiger partial charge in [-0.2, -0.15) is 5.10 Å². The number of aromatic nitrogens is 4. The van der Waals surface area contributed by atoms with Gasteiger partial charge in [0.1, 0.15) is 0 Å². The summed E-state index contributed by atoms with van der Waals surface area (Å²) in [5, 5.41) is 11.0. The molecule has 0 radical (unpaired) electrons. The van der Waals surface area contributed by atoms with E-state index in [-0.39, 0.29) is 5.91 Å². The number of anilines is 1. The number of nitrogens with one attached hydrogen (secondary N) is 2. The van der Waals surface area contributed by atoms with E-state index in [9.17, 15) is 4.79 Å². The van der Waals surface area contributed by atoms with Crippen molar-refractivity contribution in [3.63, 3.8) is 0 Å². The molecule has 2 N–H and O–H groups in total. The van der Waals surface area contributed by atoms with Gasteiger partial charge in [-0.1, -0.05) is 49.2 Å². The number of amides is 1. The molecule has 0 saturated carbocycles. The number of fused-ring (bicyclic) bond motifs is 1. The van der Waals surface area contributed by atoms with Crippen LogP contribution in [0.4, 0.5) is 5.69 Å². The van der Waals surface area contributed by atoms with Gasteiger partial charge in [-0.3, -0.25) is 24.8 Å². The van der Waals surface area contributed by atoms with Crippen molar-refractivity contribution < 1.29 is 4.79 Å². The molecule has 1 saturated heterocycles. The predicted octanol–water partition coefficient (Wildman–Crippen LogP) is 6.32. The minimum absolute atomic E-state index is 0.282. The topological polar surface area (TPSA) is 86.8 Å². The van der Waals surface area contributed by atoms with E-state index in [1.807, 2.05) is 73.1 Å². The molecule has 1 aliphatic heterocycles. The number of aromatic amines is 1. The highest BCUT2D eigenvalue weighted by Crippen LogP contribution is 2.27. The van der Waals surface area contributed by atoms with E-state index < -0.39 is 0 Å². The maximum absolute atomic E-state index is 13.2. The Morgan fingerprint density at radius 1 is 0.842 bits per heavy atom. The van der Waals surface area contributed by atoms with Crippen molar-refractivity contribution in [3.8, 4) is 22.4 Å². The largest absolute Gasteiger partial charge is 0.319 e. The average molecular weight is 503 g/mol. The van der Waals surface area contributed by atoms with Gasteiger partial charge >= 0.3 is 0 Å². The predicted molar refractivity (Wildman–Crippen MR) is 151 cm³/mol. The first-order valence-electron chi connectivity index (χ1n) is 13.2. The van der Waals surface area contributed by atoms with Crippen LogP contribution in [0.2, 0.25) is 0 Å². The fourth-order valence-corrected chi connectivity index (χ4v) is 5.09. The van der Waals surface area contributed by atoms with E-state index >= 15 is 0 Å². The summed E-state index contributed by atoms with van der Waals surface area (Å²) in [6.45, 7) is 3.21. The number of hydrogen-bond donors (Lipinski definition) is 2. The van der Waals surface area contributed by atoms with Crippen molar-refractivity contribution in [1.29, 1.82) is 0 Å². The highest BCUT2D eigenvalue weighted by Gasteiger charge is 2.16. The second-order valence-corrected chi connectivity index (χ2v) is 9.86. The number of rotatable bonds is 6. The molecule has 7 heteroatoms. The summed E-state index contributed by atoms with van der Waals surface area (Å²) in [7, 11) is 0. The van der Waals surface area contributed by atoms with Gasteiger partial charge in [0.05, 0.1) is 23.1 Å². The second kappa shape index (κ2) is 10.9. The smallest absolute Gasteiger partial charge is 0.276 e. The molecule has 3 aromatic heterocycles. The molecule has 0 spiro atoms. The second-order valence-electron chi connectivity index (χ2n) is 9.86. The molecule has 6 rings (SSSR count). The van der Waals surface area contributed by atoms with Crippen LogP contribution in [0, 0.1) is 0 Å². The quantitative estimate of drug-likeness (QED) is 0.284. The lowest BCUT2D eigenvalue weighted by molar-refractivity contribution is 0.102. The first-order chi connectivity index (χ1) is 18.7. The molecular weight excluding hydrogens is 472 g/mol. The molecule has 1 amide bonds. The van der Waals surface area contributed by atoms with Crippen LogP contribution in [0.15, 0.2) is 85.3 Å². The lowest BCUT2D eigenvalue weighted by Gasteiger charge is -2.19. The van der Waals surface area contributed by atoms with Gasteiger partial charge in [-0.25, -0.2) is 0 Å². The standard InChI is InChI=1S/C31H30N6O/c38-31(34-26-11-13-28(33-20-26)23-8-4-3-5-9-23)30-27-17-24(10-12-29(27)35-36-30)25-16-22(18-32-19-25)21-37-14-6-1-2-7-15-37/h3-5,8-13,16-20H,1-2,6-7,14-15,21H2,(H,34,38)(H,35,36). The Hall–Kier alpha value is -4.36. The molecule has 0 bridgehead atoms. The van der Waals surface area contributed by atoms with E-state index in [2.05, 4.69) is 36.4 Å². The van der Waals surface area contributed by atoms with Crippen LogP contribution in [0.5, 0.6) is 0 Å². The number of pyridine rings is 2. The van der Waals surface area contributed by atoms with Crippen molar-refractivity contribution in [3.05, 3.63) is 96.6 Å². The monoisotopic (exact) mass is 502 g/mol. The fourth-order valence-electron chi connectivity index (χ4n) is 5.09. The SMILES string of the molecule is O=C(Nc1ccc(-c2ccccc2)nc1)c1n[nH]c2ccc(-c3cncc(CN4CCCCCC4)c3)cc12. The van der Waals surface area contributed by atoms with Gasteiger partial charge in [0.15, 0.2) is 5.69 Å². The number of hydrogen-bond acceptors (Lipinski definition) is 5. The fraction of sp³-hybridized carbons (Fsp3) is 0.226. The van der Waals surface area contributed by atoms with Crippen LogP contribution in [0.25, 0.3) is 33.3 Å². The Bertz CT molecular complexity index is 1540. The average Bonchev–Trinajstić information content (AvgIpc) is 3.22. The molecule has 7 nitrogen and oxygen atoms in total. The molecule has 2 aromatic carbocycles. The van der Waals surface area contributed by atoms with Crippen LogP contribution in [0.3, 0.4) is 0 Å². The maximum atomic E-state index is 13.2. The summed E-state index contributed by atoms with van der Waals surface area (Å²) in [6, 6.07) is 21.9. The van der Waals surface area contributed by atoms with Crippen LogP contribution < -0.4 is 5.32 Å². The van der Waals surface area contributed by atoms with E-state index in [0.717, 1.165) is 52.9 Å². The zero-order valence-corrected chi connectivity index (χ0v) is 21.2. The maximum Gasteiger partial charge on any atom is 0.276 e. The minimum atomic E-state index is -0.282. The number of H-pyrrole nitrogens is 1. The van der Waals surface area contributed by atoms with Gasteiger partial charge < -0.3 is 5.32 Å². The molecule has 0 atom stereocenters. The number of carbonyl (C=O) groups is 1. The summed E-state index contributed by atoms with van der Waals surface area (Å²) in [5.74, 6) is -0.282. The van der Waals surface area contributed by atoms with E-state index in [1.165, 1.54) is 31.2 Å². The highest BCUT2D eigenvalue weighted by atomic mass is 16.1. The Kier molecular flexibility index (Phi) is 6.91. The molecule has 38 heavy (non-hydrogen) atoms. The third-order valence-corrected chi connectivity index (χ3v) is 7.10. The summed E-state index contributed by atoms with van der Waals surface area (Å²) < 4.78 is 0. The van der Waals surface area contributed by atoms with Gasteiger partial charge in [-0.05, 0) is 67.4 Å². The molecule has 0 aliphatic carbocycles. The number of likely N-dealkylation sites (tertiary alicyclic amines) is 1. The number of carbonyl (C=O) groups excluding carboxylic acids is 1. The molecule has 1 fully saturated rings. The zero-order chi connectivity index (χ0) is 25.7. The Morgan fingerprint density at radius 2 is 1.68 bits per heavy atom. The van der Waals surface area contributed by atoms with Crippen LogP contribution >= 0.6 is 0 Å². The Morgan fingerprint density at radius 3 is 2.47 bits per heavy atom. The van der Waals surface area contributed by atoms with Gasteiger partial charge in [0.25, 0.3) is 5.91 Å². The van der Waals surface area contributed by atoms with Crippen molar-refractivity contribution in [2.24, 2.45) is 0 Å². The van der Waals surface area contributed by atoms with Crippen LogP contribution in [-0.2, 0) is 6.54 Å². The summed E-state index contributed by atoms with van der Waals surface area (Å²) in [6.07, 6.45) is 10.7. The summed E-state index contributed by atoms with van der Waals surface area (Å²) >= 11 is 0. The Balaban J connectivity index is 1.21. The minimum Gasteiger partial charge on any atom is -0.319 e. The first kappa shape index (κ1) is 24.0. The summed E-state index contributed by atoms with van der Waals surface area (Å²) in [4.78, 5) is 24.7. The van der Waals surface area contributed by atoms with E-state index in [1.54, 1.807) is 6.20 Å². The lowest BCUT2D eigenvalue weighted by Crippen LogP contribution is -2.24. The zero-order valence-electron chi connectivity index (χ0n) is 21.2. The third kappa shape index (κ3) is 5.33. The first-order valence-corrected chi connectivity index (χ1v) is 13.2. The number of benzene rings is 2. The van der Waals surface area contributed by atoms with Crippen molar-refractivity contribution in [2.75, 3.05) is 18.4 Å². The number of nitrogens with zero attached hydrogens (tertiary/aromatic N) is 4. The van der Waals surface area contributed by atoms with Gasteiger partial charge in [0.2, 0.25) is 0 Å². The Labute approximate surface area is 222 Å². The molecule has 190 valence electrons. The third-order valence-electron chi connectivity index (χ3n) is 7.10. The van der Waals surface area contributed by atoms with E-state index in [0.29, 0.717) is 11.4 Å². The lowest BCUT2D eigenvalue weighted by atomic mass is 10.0. The van der Waals surface area contributed by atoms with Gasteiger partial charge in [-0.15, -0.1) is 0 Å². The normalized spacial score (nSPS) is 14.3.